The van der Waals surface area contributed by atoms with Crippen LogP contribution in [0.5, 0.6) is 0 Å². The Morgan fingerprint density at radius 1 is 1.40 bits per heavy atom. The smallest absolute Gasteiger partial charge is 0.269 e. The maximum atomic E-state index is 11.3. The predicted octanol–water partition coefficient (Wildman–Crippen LogP) is 1.93. The molecule has 0 saturated carbocycles. The van der Waals surface area contributed by atoms with Crippen molar-refractivity contribution < 1.29 is 9.72 Å². The molecule has 0 radical (unpaired) electrons. The summed E-state index contributed by atoms with van der Waals surface area (Å²) < 4.78 is 0. The van der Waals surface area contributed by atoms with Crippen LogP contribution in [-0.4, -0.2) is 27.0 Å². The highest BCUT2D eigenvalue weighted by Crippen LogP contribution is 2.18. The number of nitro benzene ring substituents is 1. The van der Waals surface area contributed by atoms with Crippen molar-refractivity contribution >= 4 is 34.2 Å². The zero-order chi connectivity index (χ0) is 14.7. The first-order valence-electron chi connectivity index (χ1n) is 5.82. The molecule has 7 nitrogen and oxygen atoms in total. The summed E-state index contributed by atoms with van der Waals surface area (Å²) >= 11 is 1.31. The van der Waals surface area contributed by atoms with Crippen LogP contribution in [0.4, 0.5) is 5.69 Å². The van der Waals surface area contributed by atoms with E-state index >= 15 is 0 Å². The average molecular weight is 292 g/mol. The first-order valence-corrected chi connectivity index (χ1v) is 6.70. The number of nitro groups is 1. The first kappa shape index (κ1) is 14.2. The van der Waals surface area contributed by atoms with Crippen LogP contribution in [0.25, 0.3) is 0 Å². The number of thioether (sulfide) groups is 1. The van der Waals surface area contributed by atoms with Crippen molar-refractivity contribution in [3.8, 4) is 0 Å². The lowest BCUT2D eigenvalue weighted by atomic mass is 10.1. The number of rotatable bonds is 3. The summed E-state index contributed by atoms with van der Waals surface area (Å²) in [6.45, 7) is 3.53. The third kappa shape index (κ3) is 3.21. The third-order valence-electron chi connectivity index (χ3n) is 2.67. The van der Waals surface area contributed by atoms with Crippen LogP contribution in [0, 0.1) is 10.1 Å². The quantitative estimate of drug-likeness (QED) is 0.523. The molecule has 8 heteroatoms. The van der Waals surface area contributed by atoms with Gasteiger partial charge in [0.1, 0.15) is 0 Å². The molecule has 1 atom stereocenters. The minimum absolute atomic E-state index is 0.0281. The van der Waals surface area contributed by atoms with Gasteiger partial charge in [0.15, 0.2) is 5.17 Å². The van der Waals surface area contributed by atoms with Gasteiger partial charge in [0, 0.05) is 12.1 Å². The molecular weight excluding hydrogens is 280 g/mol. The van der Waals surface area contributed by atoms with Crippen molar-refractivity contribution in [3.05, 3.63) is 39.9 Å². The lowest BCUT2D eigenvalue weighted by molar-refractivity contribution is -0.384. The zero-order valence-corrected chi connectivity index (χ0v) is 11.7. The number of nitrogens with one attached hydrogen (secondary N) is 1. The maximum absolute atomic E-state index is 11.3. The molecule has 1 aromatic rings. The summed E-state index contributed by atoms with van der Waals surface area (Å²) in [4.78, 5) is 21.4. The zero-order valence-electron chi connectivity index (χ0n) is 10.9. The number of hydrogen-bond acceptors (Lipinski definition) is 6. The molecule has 0 spiro atoms. The van der Waals surface area contributed by atoms with Gasteiger partial charge in [-0.25, -0.2) is 0 Å². The van der Waals surface area contributed by atoms with E-state index in [0.29, 0.717) is 10.9 Å². The van der Waals surface area contributed by atoms with E-state index in [1.165, 1.54) is 23.9 Å². The fourth-order valence-electron chi connectivity index (χ4n) is 1.51. The Labute approximate surface area is 119 Å². The fraction of sp³-hybridized carbons (Fsp3) is 0.250. The summed E-state index contributed by atoms with van der Waals surface area (Å²) in [6, 6.07) is 6.05. The van der Waals surface area contributed by atoms with Crippen LogP contribution in [0.2, 0.25) is 0 Å². The molecule has 20 heavy (non-hydrogen) atoms. The Morgan fingerprint density at radius 3 is 2.55 bits per heavy atom. The van der Waals surface area contributed by atoms with E-state index in [2.05, 4.69) is 15.5 Å². The van der Waals surface area contributed by atoms with Crippen LogP contribution < -0.4 is 5.32 Å². The van der Waals surface area contributed by atoms with E-state index in [4.69, 9.17) is 0 Å². The van der Waals surface area contributed by atoms with Gasteiger partial charge in [0.25, 0.3) is 5.69 Å². The molecule has 0 bridgehead atoms. The summed E-state index contributed by atoms with van der Waals surface area (Å²) in [5.41, 5.74) is 1.38. The normalized spacial score (nSPS) is 21.1. The summed E-state index contributed by atoms with van der Waals surface area (Å²) in [6.07, 6.45) is 0. The molecule has 2 rings (SSSR count). The summed E-state index contributed by atoms with van der Waals surface area (Å²) in [7, 11) is 0. The van der Waals surface area contributed by atoms with Crippen LogP contribution in [0.3, 0.4) is 0 Å². The van der Waals surface area contributed by atoms with E-state index in [1.54, 1.807) is 26.0 Å². The van der Waals surface area contributed by atoms with Crippen LogP contribution in [0.1, 0.15) is 19.4 Å². The van der Waals surface area contributed by atoms with Gasteiger partial charge in [-0.05, 0) is 31.5 Å². The van der Waals surface area contributed by atoms with Crippen molar-refractivity contribution in [2.24, 2.45) is 10.2 Å². The molecule has 1 heterocycles. The number of carbonyl (C=O) groups is 1. The summed E-state index contributed by atoms with van der Waals surface area (Å²) in [5.74, 6) is -0.0862. The third-order valence-corrected chi connectivity index (χ3v) is 3.65. The Hall–Kier alpha value is -2.22. The van der Waals surface area contributed by atoms with E-state index in [1.807, 2.05) is 0 Å². The minimum Gasteiger partial charge on any atom is -0.303 e. The van der Waals surface area contributed by atoms with Gasteiger partial charge in [-0.1, -0.05) is 11.8 Å². The number of amidine groups is 1. The molecule has 104 valence electrons. The largest absolute Gasteiger partial charge is 0.303 e. The molecule has 1 aromatic carbocycles. The summed E-state index contributed by atoms with van der Waals surface area (Å²) in [5, 5.41) is 21.4. The molecule has 1 fully saturated rings. The van der Waals surface area contributed by atoms with Crippen molar-refractivity contribution in [1.29, 1.82) is 0 Å². The second-order valence-corrected chi connectivity index (χ2v) is 5.47. The maximum Gasteiger partial charge on any atom is 0.269 e. The van der Waals surface area contributed by atoms with Crippen LogP contribution >= 0.6 is 11.8 Å². The molecule has 1 saturated heterocycles. The number of nitrogens with zero attached hydrogens (tertiary/aromatic N) is 3. The Kier molecular flexibility index (Phi) is 4.14. The molecule has 0 unspecified atom stereocenters. The SMILES string of the molecule is C/C(=N/N=C1\NC(=O)[C@@H](C)S1)c1ccc([N+](=O)[O-])cc1. The standard InChI is InChI=1S/C12H12N4O3S/c1-7(9-3-5-10(6-4-9)16(18)19)14-15-12-13-11(17)8(2)20-12/h3-6,8H,1-2H3,(H,13,15,17)/b14-7-/t8-/m1/s1. The lowest BCUT2D eigenvalue weighted by Gasteiger charge is -1.98. The molecule has 1 N–H and O–H groups in total. The second kappa shape index (κ2) is 5.83. The number of non-ortho nitro benzene ring substituents is 1. The van der Waals surface area contributed by atoms with E-state index in [-0.39, 0.29) is 16.8 Å². The predicted molar refractivity (Wildman–Crippen MR) is 77.9 cm³/mol. The molecule has 0 aromatic heterocycles. The van der Waals surface area contributed by atoms with Crippen LogP contribution in [0.15, 0.2) is 34.5 Å². The highest BCUT2D eigenvalue weighted by atomic mass is 32.2. The molecule has 1 aliphatic heterocycles. The second-order valence-electron chi connectivity index (χ2n) is 4.14. The average Bonchev–Trinajstić information content (AvgIpc) is 2.75. The van der Waals surface area contributed by atoms with Gasteiger partial charge in [0.2, 0.25) is 5.91 Å². The highest BCUT2D eigenvalue weighted by molar-refractivity contribution is 8.15. The minimum atomic E-state index is -0.456. The Balaban J connectivity index is 2.13. The van der Waals surface area contributed by atoms with Crippen molar-refractivity contribution in [2.75, 3.05) is 0 Å². The van der Waals surface area contributed by atoms with E-state index < -0.39 is 4.92 Å². The van der Waals surface area contributed by atoms with Crippen LogP contribution in [-0.2, 0) is 4.79 Å². The van der Waals surface area contributed by atoms with Gasteiger partial charge in [0.05, 0.1) is 15.9 Å². The number of benzene rings is 1. The van der Waals surface area contributed by atoms with Gasteiger partial charge >= 0.3 is 0 Å². The molecule has 1 aliphatic rings. The molecular formula is C12H12N4O3S. The van der Waals surface area contributed by atoms with E-state index in [0.717, 1.165) is 5.56 Å². The Morgan fingerprint density at radius 2 is 2.05 bits per heavy atom. The Bertz CT molecular complexity index is 610. The van der Waals surface area contributed by atoms with Gasteiger partial charge in [-0.15, -0.1) is 5.10 Å². The van der Waals surface area contributed by atoms with Gasteiger partial charge < -0.3 is 5.32 Å². The monoisotopic (exact) mass is 292 g/mol. The number of carbonyl (C=O) groups excluding carboxylic acids is 1. The lowest BCUT2D eigenvalue weighted by Crippen LogP contribution is -2.23. The van der Waals surface area contributed by atoms with Crippen molar-refractivity contribution in [2.45, 2.75) is 19.1 Å². The van der Waals surface area contributed by atoms with Gasteiger partial charge in [-0.3, -0.25) is 14.9 Å². The van der Waals surface area contributed by atoms with E-state index in [9.17, 15) is 14.9 Å². The topological polar surface area (TPSA) is 97.0 Å². The van der Waals surface area contributed by atoms with Crippen molar-refractivity contribution in [3.63, 3.8) is 0 Å². The van der Waals surface area contributed by atoms with Gasteiger partial charge in [-0.2, -0.15) is 5.10 Å². The number of hydrogen-bond donors (Lipinski definition) is 1. The highest BCUT2D eigenvalue weighted by Gasteiger charge is 2.25. The first-order chi connectivity index (χ1) is 9.47. The van der Waals surface area contributed by atoms with Crippen molar-refractivity contribution in [1.82, 2.24) is 5.32 Å². The molecule has 0 aliphatic carbocycles. The number of amides is 1. The fourth-order valence-corrected chi connectivity index (χ4v) is 2.26. The molecule has 1 amide bonds.